The van der Waals surface area contributed by atoms with Gasteiger partial charge in [-0.1, -0.05) is 0 Å². The predicted octanol–water partition coefficient (Wildman–Crippen LogP) is 1.38. The number of hydrogen-bond acceptors (Lipinski definition) is 5. The van der Waals surface area contributed by atoms with Crippen LogP contribution in [0.3, 0.4) is 0 Å². The van der Waals surface area contributed by atoms with Crippen LogP contribution in [0.1, 0.15) is 12.8 Å². The highest BCUT2D eigenvalue weighted by atomic mass is 79.9. The molecule has 17 heavy (non-hydrogen) atoms. The zero-order valence-electron chi connectivity index (χ0n) is 9.45. The van der Waals surface area contributed by atoms with Crippen molar-refractivity contribution >= 4 is 27.3 Å². The molecule has 2 rings (SSSR count). The molecule has 0 unspecified atom stereocenters. The Kier molecular flexibility index (Phi) is 3.86. The molecule has 0 radical (unpaired) electrons. The summed E-state index contributed by atoms with van der Waals surface area (Å²) in [7, 11) is 0. The predicted molar refractivity (Wildman–Crippen MR) is 69.8 cm³/mol. The van der Waals surface area contributed by atoms with E-state index in [9.17, 15) is 5.11 Å². The number of aliphatic hydroxyl groups is 1. The molecule has 4 N–H and O–H groups in total. The fraction of sp³-hybridized carbons (Fsp3) is 0.545. The molecule has 1 aliphatic heterocycles. The SMILES string of the molecule is Nc1cncc(Br)c1NC1(CO)CCOCC1. The number of nitrogen functional groups attached to an aromatic ring is 1. The summed E-state index contributed by atoms with van der Waals surface area (Å²) in [6, 6.07) is 0. The molecule has 5 nitrogen and oxygen atoms in total. The van der Waals surface area contributed by atoms with Crippen LogP contribution < -0.4 is 11.1 Å². The summed E-state index contributed by atoms with van der Waals surface area (Å²) in [5, 5.41) is 12.9. The summed E-state index contributed by atoms with van der Waals surface area (Å²) in [6.45, 7) is 1.36. The third kappa shape index (κ3) is 2.70. The number of halogens is 1. The number of nitrogens with one attached hydrogen (secondary N) is 1. The molecule has 0 spiro atoms. The van der Waals surface area contributed by atoms with Gasteiger partial charge in [0, 0.05) is 19.4 Å². The maximum Gasteiger partial charge on any atom is 0.0755 e. The molecule has 0 aliphatic carbocycles. The summed E-state index contributed by atoms with van der Waals surface area (Å²) >= 11 is 3.41. The fourth-order valence-electron chi connectivity index (χ4n) is 1.93. The third-order valence-electron chi connectivity index (χ3n) is 3.07. The Morgan fingerprint density at radius 3 is 2.76 bits per heavy atom. The van der Waals surface area contributed by atoms with Gasteiger partial charge in [-0.25, -0.2) is 0 Å². The van der Waals surface area contributed by atoms with Crippen molar-refractivity contribution in [2.24, 2.45) is 0 Å². The van der Waals surface area contributed by atoms with E-state index < -0.39 is 0 Å². The van der Waals surface area contributed by atoms with Gasteiger partial charge in [0.25, 0.3) is 0 Å². The molecule has 0 aromatic carbocycles. The van der Waals surface area contributed by atoms with Gasteiger partial charge in [0.1, 0.15) is 0 Å². The molecule has 0 atom stereocenters. The second-order valence-corrected chi connectivity index (χ2v) is 5.12. The summed E-state index contributed by atoms with van der Waals surface area (Å²) < 4.78 is 6.12. The van der Waals surface area contributed by atoms with E-state index in [1.807, 2.05) is 0 Å². The van der Waals surface area contributed by atoms with Crippen LogP contribution in [0.4, 0.5) is 11.4 Å². The van der Waals surface area contributed by atoms with Gasteiger partial charge < -0.3 is 20.9 Å². The maximum atomic E-state index is 9.59. The first kappa shape index (κ1) is 12.6. The highest BCUT2D eigenvalue weighted by Crippen LogP contribution is 2.33. The maximum absolute atomic E-state index is 9.59. The monoisotopic (exact) mass is 301 g/mol. The second kappa shape index (κ2) is 5.20. The van der Waals surface area contributed by atoms with E-state index in [-0.39, 0.29) is 12.1 Å². The van der Waals surface area contributed by atoms with E-state index >= 15 is 0 Å². The topological polar surface area (TPSA) is 80.4 Å². The molecule has 1 aromatic rings. The average molecular weight is 302 g/mol. The number of nitrogens with two attached hydrogens (primary N) is 1. The lowest BCUT2D eigenvalue weighted by Gasteiger charge is -2.37. The Morgan fingerprint density at radius 2 is 2.18 bits per heavy atom. The van der Waals surface area contributed by atoms with E-state index in [0.29, 0.717) is 18.9 Å². The minimum atomic E-state index is -0.351. The third-order valence-corrected chi connectivity index (χ3v) is 3.67. The smallest absolute Gasteiger partial charge is 0.0755 e. The lowest BCUT2D eigenvalue weighted by molar-refractivity contribution is 0.0380. The highest BCUT2D eigenvalue weighted by Gasteiger charge is 2.32. The highest BCUT2D eigenvalue weighted by molar-refractivity contribution is 9.10. The second-order valence-electron chi connectivity index (χ2n) is 4.26. The molecule has 94 valence electrons. The van der Waals surface area contributed by atoms with Gasteiger partial charge in [-0.05, 0) is 28.8 Å². The van der Waals surface area contributed by atoms with Gasteiger partial charge in [0.2, 0.25) is 0 Å². The zero-order chi connectivity index (χ0) is 12.3. The van der Waals surface area contributed by atoms with E-state index in [1.54, 1.807) is 12.4 Å². The first-order valence-corrected chi connectivity index (χ1v) is 6.32. The number of rotatable bonds is 3. The van der Waals surface area contributed by atoms with Crippen molar-refractivity contribution in [1.29, 1.82) is 0 Å². The van der Waals surface area contributed by atoms with Crippen molar-refractivity contribution in [1.82, 2.24) is 4.98 Å². The molecule has 1 aliphatic rings. The normalized spacial score (nSPS) is 18.9. The Morgan fingerprint density at radius 1 is 1.47 bits per heavy atom. The minimum absolute atomic E-state index is 0.0601. The lowest BCUT2D eigenvalue weighted by Crippen LogP contribution is -2.47. The van der Waals surface area contributed by atoms with Gasteiger partial charge in [-0.2, -0.15) is 0 Å². The van der Waals surface area contributed by atoms with Crippen LogP contribution in [0.15, 0.2) is 16.9 Å². The summed E-state index contributed by atoms with van der Waals surface area (Å²) in [4.78, 5) is 3.99. The summed E-state index contributed by atoms with van der Waals surface area (Å²) in [6.07, 6.45) is 4.80. The number of ether oxygens (including phenoxy) is 1. The van der Waals surface area contributed by atoms with Crippen LogP contribution in [0.25, 0.3) is 0 Å². The van der Waals surface area contributed by atoms with Gasteiger partial charge in [0.15, 0.2) is 0 Å². The number of aliphatic hydroxyl groups excluding tert-OH is 1. The minimum Gasteiger partial charge on any atom is -0.396 e. The first-order chi connectivity index (χ1) is 8.17. The Hall–Kier alpha value is -0.850. The van der Waals surface area contributed by atoms with Crippen LogP contribution in [-0.2, 0) is 4.74 Å². The molecular formula is C11H16BrN3O2. The van der Waals surface area contributed by atoms with Crippen LogP contribution in [0.5, 0.6) is 0 Å². The Balaban J connectivity index is 2.23. The number of pyridine rings is 1. The van der Waals surface area contributed by atoms with E-state index in [0.717, 1.165) is 23.0 Å². The molecule has 1 saturated heterocycles. The lowest BCUT2D eigenvalue weighted by atomic mass is 9.90. The van der Waals surface area contributed by atoms with Gasteiger partial charge >= 0.3 is 0 Å². The fourth-order valence-corrected chi connectivity index (χ4v) is 2.38. The van der Waals surface area contributed by atoms with E-state index in [4.69, 9.17) is 10.5 Å². The van der Waals surface area contributed by atoms with E-state index in [2.05, 4.69) is 26.2 Å². The standard InChI is InChI=1S/C11H16BrN3O2/c12-8-5-14-6-9(13)10(8)15-11(7-16)1-3-17-4-2-11/h5-6,16H,1-4,7,13H2,(H,14,15). The van der Waals surface area contributed by atoms with Crippen LogP contribution >= 0.6 is 15.9 Å². The molecule has 2 heterocycles. The van der Waals surface area contributed by atoms with Crippen LogP contribution in [-0.4, -0.2) is 35.5 Å². The molecule has 1 fully saturated rings. The van der Waals surface area contributed by atoms with Gasteiger partial charge in [0.05, 0.1) is 34.2 Å². The quantitative estimate of drug-likeness (QED) is 0.786. The molecule has 0 saturated carbocycles. The Labute approximate surface area is 108 Å². The zero-order valence-corrected chi connectivity index (χ0v) is 11.0. The summed E-state index contributed by atoms with van der Waals surface area (Å²) in [5.41, 5.74) is 6.89. The molecule has 6 heteroatoms. The number of aromatic nitrogens is 1. The number of hydrogen-bond donors (Lipinski definition) is 3. The van der Waals surface area contributed by atoms with Crippen molar-refractivity contribution in [3.63, 3.8) is 0 Å². The summed E-state index contributed by atoms with van der Waals surface area (Å²) in [5.74, 6) is 0. The van der Waals surface area contributed by atoms with Crippen molar-refractivity contribution in [2.75, 3.05) is 30.9 Å². The first-order valence-electron chi connectivity index (χ1n) is 5.53. The van der Waals surface area contributed by atoms with Crippen LogP contribution in [0, 0.1) is 0 Å². The molecule has 1 aromatic heterocycles. The van der Waals surface area contributed by atoms with Crippen molar-refractivity contribution in [3.8, 4) is 0 Å². The van der Waals surface area contributed by atoms with Gasteiger partial charge in [-0.15, -0.1) is 0 Å². The Bertz CT molecular complexity index is 374. The molecular weight excluding hydrogens is 286 g/mol. The number of anilines is 2. The molecule has 0 bridgehead atoms. The van der Waals surface area contributed by atoms with Crippen molar-refractivity contribution in [3.05, 3.63) is 16.9 Å². The van der Waals surface area contributed by atoms with Gasteiger partial charge in [-0.3, -0.25) is 4.98 Å². The largest absolute Gasteiger partial charge is 0.396 e. The van der Waals surface area contributed by atoms with Crippen molar-refractivity contribution in [2.45, 2.75) is 18.4 Å². The van der Waals surface area contributed by atoms with Crippen molar-refractivity contribution < 1.29 is 9.84 Å². The van der Waals surface area contributed by atoms with E-state index in [1.165, 1.54) is 0 Å². The van der Waals surface area contributed by atoms with Crippen LogP contribution in [0.2, 0.25) is 0 Å². The average Bonchev–Trinajstić information content (AvgIpc) is 2.35. The molecule has 0 amide bonds. The number of nitrogens with zero attached hydrogens (tertiary/aromatic N) is 1.